The summed E-state index contributed by atoms with van der Waals surface area (Å²) in [5.41, 5.74) is 8.30. The molecular formula is C18H29N3. The minimum absolute atomic E-state index is 0.640. The molecule has 0 atom stereocenters. The molecule has 2 saturated heterocycles. The van der Waals surface area contributed by atoms with E-state index in [0.717, 1.165) is 12.6 Å². The molecule has 2 heterocycles. The highest BCUT2D eigenvalue weighted by molar-refractivity contribution is 5.22. The van der Waals surface area contributed by atoms with Crippen LogP contribution in [-0.2, 0) is 13.1 Å². The standard InChI is InChI=1S/C18H29N3/c19-14-16-4-6-17(7-5-16)15-20-12-8-18(9-13-20)21-10-2-1-3-11-21/h4-7,18H,1-3,8-15,19H2. The summed E-state index contributed by atoms with van der Waals surface area (Å²) < 4.78 is 0. The Morgan fingerprint density at radius 1 is 0.857 bits per heavy atom. The second kappa shape index (κ2) is 7.39. The molecule has 0 unspecified atom stereocenters. The third kappa shape index (κ3) is 4.06. The fourth-order valence-electron chi connectivity index (χ4n) is 3.77. The molecule has 0 saturated carbocycles. The third-order valence-corrected chi connectivity index (χ3v) is 5.13. The first-order valence-corrected chi connectivity index (χ1v) is 8.59. The van der Waals surface area contributed by atoms with Crippen LogP contribution in [0.3, 0.4) is 0 Å². The van der Waals surface area contributed by atoms with Gasteiger partial charge < -0.3 is 10.6 Å². The van der Waals surface area contributed by atoms with Crippen molar-refractivity contribution in [3.05, 3.63) is 35.4 Å². The predicted molar refractivity (Wildman–Crippen MR) is 88.1 cm³/mol. The SMILES string of the molecule is NCc1ccc(CN2CCC(N3CCCCC3)CC2)cc1. The van der Waals surface area contributed by atoms with Crippen molar-refractivity contribution in [2.45, 2.75) is 51.2 Å². The van der Waals surface area contributed by atoms with Crippen LogP contribution in [0.4, 0.5) is 0 Å². The summed E-state index contributed by atoms with van der Waals surface area (Å²) in [6.45, 7) is 6.91. The zero-order valence-electron chi connectivity index (χ0n) is 13.1. The third-order valence-electron chi connectivity index (χ3n) is 5.13. The lowest BCUT2D eigenvalue weighted by Crippen LogP contribution is -2.46. The van der Waals surface area contributed by atoms with Crippen LogP contribution in [0.25, 0.3) is 0 Å². The molecule has 1 aromatic rings. The lowest BCUT2D eigenvalue weighted by Gasteiger charge is -2.40. The highest BCUT2D eigenvalue weighted by Crippen LogP contribution is 2.21. The van der Waals surface area contributed by atoms with Gasteiger partial charge in [0.05, 0.1) is 0 Å². The number of nitrogens with two attached hydrogens (primary N) is 1. The Bertz CT molecular complexity index is 415. The molecule has 3 nitrogen and oxygen atoms in total. The van der Waals surface area contributed by atoms with Crippen LogP contribution < -0.4 is 5.73 Å². The van der Waals surface area contributed by atoms with Crippen LogP contribution in [0, 0.1) is 0 Å². The minimum atomic E-state index is 0.640. The molecule has 21 heavy (non-hydrogen) atoms. The van der Waals surface area contributed by atoms with Crippen LogP contribution in [0.15, 0.2) is 24.3 Å². The lowest BCUT2D eigenvalue weighted by molar-refractivity contribution is 0.0896. The Hall–Kier alpha value is -0.900. The van der Waals surface area contributed by atoms with Crippen molar-refractivity contribution in [3.63, 3.8) is 0 Å². The van der Waals surface area contributed by atoms with Crippen molar-refractivity contribution in [1.29, 1.82) is 0 Å². The van der Waals surface area contributed by atoms with Gasteiger partial charge in [0.1, 0.15) is 0 Å². The van der Waals surface area contributed by atoms with Gasteiger partial charge in [0, 0.05) is 19.1 Å². The fraction of sp³-hybridized carbons (Fsp3) is 0.667. The molecule has 0 aliphatic carbocycles. The van der Waals surface area contributed by atoms with Gasteiger partial charge in [-0.25, -0.2) is 0 Å². The van der Waals surface area contributed by atoms with E-state index in [2.05, 4.69) is 34.1 Å². The molecule has 116 valence electrons. The molecule has 0 spiro atoms. The zero-order chi connectivity index (χ0) is 14.5. The number of nitrogens with zero attached hydrogens (tertiary/aromatic N) is 2. The van der Waals surface area contributed by atoms with E-state index < -0.39 is 0 Å². The maximum atomic E-state index is 5.66. The van der Waals surface area contributed by atoms with Crippen molar-refractivity contribution < 1.29 is 0 Å². The summed E-state index contributed by atoms with van der Waals surface area (Å²) in [6, 6.07) is 9.64. The number of hydrogen-bond acceptors (Lipinski definition) is 3. The lowest BCUT2D eigenvalue weighted by atomic mass is 9.99. The molecule has 3 rings (SSSR count). The van der Waals surface area contributed by atoms with Gasteiger partial charge in [-0.15, -0.1) is 0 Å². The molecule has 2 fully saturated rings. The average molecular weight is 287 g/mol. The van der Waals surface area contributed by atoms with Gasteiger partial charge in [0.25, 0.3) is 0 Å². The van der Waals surface area contributed by atoms with Gasteiger partial charge in [-0.05, 0) is 63.0 Å². The van der Waals surface area contributed by atoms with E-state index in [4.69, 9.17) is 5.73 Å². The molecule has 2 aliphatic rings. The Morgan fingerprint density at radius 2 is 1.48 bits per heavy atom. The number of benzene rings is 1. The smallest absolute Gasteiger partial charge is 0.0233 e. The maximum absolute atomic E-state index is 5.66. The summed E-state index contributed by atoms with van der Waals surface area (Å²) >= 11 is 0. The molecule has 2 N–H and O–H groups in total. The second-order valence-corrected chi connectivity index (χ2v) is 6.62. The first-order chi connectivity index (χ1) is 10.3. The van der Waals surface area contributed by atoms with Crippen LogP contribution in [-0.4, -0.2) is 42.0 Å². The van der Waals surface area contributed by atoms with Crippen molar-refractivity contribution in [2.75, 3.05) is 26.2 Å². The van der Waals surface area contributed by atoms with Crippen LogP contribution in [0.2, 0.25) is 0 Å². The number of hydrogen-bond donors (Lipinski definition) is 1. The molecule has 0 amide bonds. The van der Waals surface area contributed by atoms with E-state index in [1.807, 2.05) is 0 Å². The summed E-state index contributed by atoms with van der Waals surface area (Å²) in [4.78, 5) is 5.36. The van der Waals surface area contributed by atoms with E-state index in [1.54, 1.807) is 0 Å². The molecule has 1 aromatic carbocycles. The van der Waals surface area contributed by atoms with Crippen LogP contribution >= 0.6 is 0 Å². The van der Waals surface area contributed by atoms with Crippen molar-refractivity contribution in [3.8, 4) is 0 Å². The predicted octanol–water partition coefficient (Wildman–Crippen LogP) is 2.60. The zero-order valence-corrected chi connectivity index (χ0v) is 13.1. The summed E-state index contributed by atoms with van der Waals surface area (Å²) in [5, 5.41) is 0. The molecule has 0 bridgehead atoms. The van der Waals surface area contributed by atoms with Gasteiger partial charge in [-0.1, -0.05) is 30.7 Å². The Balaban J connectivity index is 1.46. The van der Waals surface area contributed by atoms with Crippen molar-refractivity contribution in [1.82, 2.24) is 9.80 Å². The minimum Gasteiger partial charge on any atom is -0.326 e. The fourth-order valence-corrected chi connectivity index (χ4v) is 3.77. The van der Waals surface area contributed by atoms with E-state index in [1.165, 1.54) is 69.4 Å². The Labute approximate surface area is 129 Å². The second-order valence-electron chi connectivity index (χ2n) is 6.62. The molecule has 2 aliphatic heterocycles. The van der Waals surface area contributed by atoms with Crippen LogP contribution in [0.1, 0.15) is 43.2 Å². The van der Waals surface area contributed by atoms with Crippen LogP contribution in [0.5, 0.6) is 0 Å². The monoisotopic (exact) mass is 287 g/mol. The van der Waals surface area contributed by atoms with Gasteiger partial charge >= 0.3 is 0 Å². The number of piperidine rings is 2. The van der Waals surface area contributed by atoms with E-state index in [-0.39, 0.29) is 0 Å². The normalized spacial score (nSPS) is 22.5. The highest BCUT2D eigenvalue weighted by atomic mass is 15.2. The topological polar surface area (TPSA) is 32.5 Å². The number of likely N-dealkylation sites (tertiary alicyclic amines) is 2. The van der Waals surface area contributed by atoms with Gasteiger partial charge in [-0.2, -0.15) is 0 Å². The summed E-state index contributed by atoms with van der Waals surface area (Å²) in [6.07, 6.45) is 6.96. The average Bonchev–Trinajstić information content (AvgIpc) is 2.57. The van der Waals surface area contributed by atoms with Crippen molar-refractivity contribution >= 4 is 0 Å². The maximum Gasteiger partial charge on any atom is 0.0233 e. The quantitative estimate of drug-likeness (QED) is 0.924. The highest BCUT2D eigenvalue weighted by Gasteiger charge is 2.25. The first-order valence-electron chi connectivity index (χ1n) is 8.59. The molecule has 3 heteroatoms. The Morgan fingerprint density at radius 3 is 2.10 bits per heavy atom. The van der Waals surface area contributed by atoms with Gasteiger partial charge in [0.2, 0.25) is 0 Å². The molecular weight excluding hydrogens is 258 g/mol. The van der Waals surface area contributed by atoms with Gasteiger partial charge in [-0.3, -0.25) is 4.90 Å². The van der Waals surface area contributed by atoms with E-state index in [0.29, 0.717) is 6.54 Å². The van der Waals surface area contributed by atoms with Gasteiger partial charge in [0.15, 0.2) is 0 Å². The summed E-state index contributed by atoms with van der Waals surface area (Å²) in [5.74, 6) is 0. The van der Waals surface area contributed by atoms with E-state index in [9.17, 15) is 0 Å². The van der Waals surface area contributed by atoms with Crippen molar-refractivity contribution in [2.24, 2.45) is 5.73 Å². The first kappa shape index (κ1) is 15.0. The molecule has 0 aromatic heterocycles. The Kier molecular flexibility index (Phi) is 5.28. The largest absolute Gasteiger partial charge is 0.326 e. The summed E-state index contributed by atoms with van der Waals surface area (Å²) in [7, 11) is 0. The molecule has 0 radical (unpaired) electrons. The number of rotatable bonds is 4. The van der Waals surface area contributed by atoms with E-state index >= 15 is 0 Å².